The summed E-state index contributed by atoms with van der Waals surface area (Å²) in [5.74, 6) is 0.189. The minimum absolute atomic E-state index is 0.0226. The first-order valence-corrected chi connectivity index (χ1v) is 9.82. The number of hydrogen-bond acceptors (Lipinski definition) is 3. The number of Topliss-reactive ketones (excluding diaryl/α,β-unsaturated/α-hetero) is 1. The molecule has 1 saturated heterocycles. The Hall–Kier alpha value is -1.75. The Morgan fingerprint density at radius 3 is 2.52 bits per heavy atom. The standard InChI is InChI=1S/C22H26ClFN2O/c1-15-7-8-18(13-19(15)23)16-9-11-26(12-10-16)21(24)14-20(25)22(27)17-5-3-2-4-6-17/h2-8,13,16,20-21H,9-12,14,25H2,1H3. The molecule has 0 saturated carbocycles. The van der Waals surface area contributed by atoms with Crippen molar-refractivity contribution in [1.82, 2.24) is 4.90 Å². The highest BCUT2D eigenvalue weighted by Crippen LogP contribution is 2.32. The average Bonchev–Trinajstić information content (AvgIpc) is 2.70. The van der Waals surface area contributed by atoms with Gasteiger partial charge in [0.05, 0.1) is 6.04 Å². The summed E-state index contributed by atoms with van der Waals surface area (Å²) in [6.45, 7) is 3.30. The predicted octanol–water partition coefficient (Wildman–Crippen LogP) is 4.72. The zero-order valence-electron chi connectivity index (χ0n) is 15.6. The van der Waals surface area contributed by atoms with Crippen molar-refractivity contribution >= 4 is 17.4 Å². The smallest absolute Gasteiger partial charge is 0.179 e. The summed E-state index contributed by atoms with van der Waals surface area (Å²) in [7, 11) is 0. The first kappa shape index (κ1) is 20.0. The van der Waals surface area contributed by atoms with E-state index in [0.717, 1.165) is 23.4 Å². The minimum atomic E-state index is -1.20. The van der Waals surface area contributed by atoms with Gasteiger partial charge < -0.3 is 5.73 Å². The van der Waals surface area contributed by atoms with Crippen LogP contribution in [0.3, 0.4) is 0 Å². The van der Waals surface area contributed by atoms with E-state index < -0.39 is 12.3 Å². The molecular weight excluding hydrogens is 363 g/mol. The molecule has 5 heteroatoms. The third-order valence-electron chi connectivity index (χ3n) is 5.44. The zero-order valence-corrected chi connectivity index (χ0v) is 16.3. The lowest BCUT2D eigenvalue weighted by Gasteiger charge is -2.35. The number of likely N-dealkylation sites (tertiary alicyclic amines) is 1. The van der Waals surface area contributed by atoms with E-state index in [2.05, 4.69) is 6.07 Å². The van der Waals surface area contributed by atoms with Gasteiger partial charge in [0.15, 0.2) is 12.1 Å². The molecule has 1 heterocycles. The van der Waals surface area contributed by atoms with Gasteiger partial charge in [-0.25, -0.2) is 4.39 Å². The number of ketones is 1. The summed E-state index contributed by atoms with van der Waals surface area (Å²) < 4.78 is 14.7. The fourth-order valence-corrected chi connectivity index (χ4v) is 3.85. The number of nitrogens with two attached hydrogens (primary N) is 1. The van der Waals surface area contributed by atoms with E-state index in [9.17, 15) is 9.18 Å². The van der Waals surface area contributed by atoms with Gasteiger partial charge in [0.1, 0.15) is 0 Å². The molecule has 1 aliphatic heterocycles. The maximum Gasteiger partial charge on any atom is 0.179 e. The van der Waals surface area contributed by atoms with E-state index >= 15 is 0 Å². The minimum Gasteiger partial charge on any atom is -0.321 e. The van der Waals surface area contributed by atoms with Crippen LogP contribution in [0.2, 0.25) is 5.02 Å². The van der Waals surface area contributed by atoms with Crippen molar-refractivity contribution in [3.8, 4) is 0 Å². The zero-order chi connectivity index (χ0) is 19.4. The molecule has 2 unspecified atom stereocenters. The molecule has 2 aromatic carbocycles. The number of hydrogen-bond donors (Lipinski definition) is 1. The number of alkyl halides is 1. The number of carbonyl (C=O) groups excluding carboxylic acids is 1. The number of halogens is 2. The van der Waals surface area contributed by atoms with Crippen molar-refractivity contribution in [3.63, 3.8) is 0 Å². The third-order valence-corrected chi connectivity index (χ3v) is 5.84. The van der Waals surface area contributed by atoms with Crippen molar-refractivity contribution in [1.29, 1.82) is 0 Å². The van der Waals surface area contributed by atoms with E-state index in [4.69, 9.17) is 17.3 Å². The van der Waals surface area contributed by atoms with Gasteiger partial charge in [-0.1, -0.05) is 54.1 Å². The van der Waals surface area contributed by atoms with E-state index in [1.165, 1.54) is 5.56 Å². The van der Waals surface area contributed by atoms with Gasteiger partial charge in [0, 0.05) is 30.1 Å². The van der Waals surface area contributed by atoms with Crippen LogP contribution in [0.1, 0.15) is 46.7 Å². The van der Waals surface area contributed by atoms with Gasteiger partial charge in [0.2, 0.25) is 0 Å². The van der Waals surface area contributed by atoms with Crippen LogP contribution >= 0.6 is 11.6 Å². The Bertz CT molecular complexity index is 775. The molecule has 0 amide bonds. The predicted molar refractivity (Wildman–Crippen MR) is 108 cm³/mol. The van der Waals surface area contributed by atoms with Gasteiger partial charge in [-0.3, -0.25) is 9.69 Å². The molecule has 3 nitrogen and oxygen atoms in total. The summed E-state index contributed by atoms with van der Waals surface area (Å²) in [4.78, 5) is 14.1. The first-order valence-electron chi connectivity index (χ1n) is 9.44. The van der Waals surface area contributed by atoms with E-state index in [1.807, 2.05) is 25.1 Å². The maximum atomic E-state index is 14.7. The van der Waals surface area contributed by atoms with Crippen molar-refractivity contribution in [2.75, 3.05) is 13.1 Å². The van der Waals surface area contributed by atoms with Gasteiger partial charge in [-0.2, -0.15) is 0 Å². The Morgan fingerprint density at radius 2 is 1.89 bits per heavy atom. The largest absolute Gasteiger partial charge is 0.321 e. The lowest BCUT2D eigenvalue weighted by Crippen LogP contribution is -2.43. The Balaban J connectivity index is 1.53. The second-order valence-electron chi connectivity index (χ2n) is 7.33. The topological polar surface area (TPSA) is 46.3 Å². The van der Waals surface area contributed by atoms with Crippen LogP contribution in [0.4, 0.5) is 4.39 Å². The Labute approximate surface area is 165 Å². The molecule has 1 fully saturated rings. The fourth-order valence-electron chi connectivity index (χ4n) is 3.66. The molecule has 3 rings (SSSR count). The molecule has 2 N–H and O–H groups in total. The summed E-state index contributed by atoms with van der Waals surface area (Å²) in [6, 6.07) is 14.2. The number of carbonyl (C=O) groups is 1. The number of benzene rings is 2. The Kier molecular flexibility index (Phi) is 6.64. The molecule has 2 aromatic rings. The number of piperidine rings is 1. The molecule has 2 atom stereocenters. The van der Waals surface area contributed by atoms with Crippen LogP contribution in [0, 0.1) is 6.92 Å². The third kappa shape index (κ3) is 4.95. The number of aryl methyl sites for hydroxylation is 1. The molecule has 0 aliphatic carbocycles. The van der Waals surface area contributed by atoms with Crippen LogP contribution in [0.25, 0.3) is 0 Å². The second-order valence-corrected chi connectivity index (χ2v) is 7.73. The summed E-state index contributed by atoms with van der Waals surface area (Å²) in [5, 5.41) is 0.781. The van der Waals surface area contributed by atoms with Crippen LogP contribution in [0.15, 0.2) is 48.5 Å². The summed E-state index contributed by atoms with van der Waals surface area (Å²) in [6.07, 6.45) is 0.577. The van der Waals surface area contributed by atoms with Crippen LogP contribution < -0.4 is 5.73 Å². The quantitative estimate of drug-likeness (QED) is 0.575. The van der Waals surface area contributed by atoms with Gasteiger partial charge in [-0.15, -0.1) is 0 Å². The van der Waals surface area contributed by atoms with Crippen molar-refractivity contribution in [2.45, 2.75) is 44.4 Å². The highest BCUT2D eigenvalue weighted by molar-refractivity contribution is 6.31. The highest BCUT2D eigenvalue weighted by Gasteiger charge is 2.29. The van der Waals surface area contributed by atoms with Crippen molar-refractivity contribution < 1.29 is 9.18 Å². The van der Waals surface area contributed by atoms with Crippen LogP contribution in [-0.2, 0) is 0 Å². The highest BCUT2D eigenvalue weighted by atomic mass is 35.5. The van der Waals surface area contributed by atoms with E-state index in [1.54, 1.807) is 29.2 Å². The summed E-state index contributed by atoms with van der Waals surface area (Å²) >= 11 is 6.23. The number of rotatable bonds is 6. The fraction of sp³-hybridized carbons (Fsp3) is 0.409. The van der Waals surface area contributed by atoms with Gasteiger partial charge in [-0.05, 0) is 42.9 Å². The van der Waals surface area contributed by atoms with E-state index in [-0.39, 0.29) is 12.2 Å². The molecule has 0 spiro atoms. The molecule has 144 valence electrons. The molecule has 1 aliphatic rings. The van der Waals surface area contributed by atoms with Gasteiger partial charge in [0.25, 0.3) is 0 Å². The molecule has 27 heavy (non-hydrogen) atoms. The normalized spacial score (nSPS) is 18.2. The molecular formula is C22H26ClFN2O. The van der Waals surface area contributed by atoms with Crippen molar-refractivity contribution in [2.24, 2.45) is 5.73 Å². The van der Waals surface area contributed by atoms with Crippen molar-refractivity contribution in [3.05, 3.63) is 70.2 Å². The molecule has 0 bridgehead atoms. The van der Waals surface area contributed by atoms with Crippen LogP contribution in [-0.4, -0.2) is 36.1 Å². The van der Waals surface area contributed by atoms with E-state index in [0.29, 0.717) is 24.6 Å². The maximum absolute atomic E-state index is 14.7. The lowest BCUT2D eigenvalue weighted by molar-refractivity contribution is 0.0452. The lowest BCUT2D eigenvalue weighted by atomic mass is 9.88. The number of nitrogens with zero attached hydrogens (tertiary/aromatic N) is 1. The SMILES string of the molecule is Cc1ccc(C2CCN(C(F)CC(N)C(=O)c3ccccc3)CC2)cc1Cl. The first-order chi connectivity index (χ1) is 13.0. The molecule has 0 aromatic heterocycles. The Morgan fingerprint density at radius 1 is 1.22 bits per heavy atom. The molecule has 0 radical (unpaired) electrons. The van der Waals surface area contributed by atoms with Gasteiger partial charge >= 0.3 is 0 Å². The summed E-state index contributed by atoms with van der Waals surface area (Å²) in [5.41, 5.74) is 8.80. The second kappa shape index (κ2) is 8.96. The average molecular weight is 389 g/mol. The monoisotopic (exact) mass is 388 g/mol. The van der Waals surface area contributed by atoms with Crippen LogP contribution in [0.5, 0.6) is 0 Å².